The van der Waals surface area contributed by atoms with Crippen LogP contribution in [-0.2, 0) is 0 Å². The van der Waals surface area contributed by atoms with E-state index in [0.717, 1.165) is 36.4 Å². The van der Waals surface area contributed by atoms with Crippen molar-refractivity contribution in [3.05, 3.63) is 47.5 Å². The highest BCUT2D eigenvalue weighted by atomic mass is 19.4. The third-order valence-corrected chi connectivity index (χ3v) is 2.91. The SMILES string of the molecule is Nc1cc(C(=O)O)cc(N)c1OC(=O)c1ccc(OC(F)(F)F)cc1. The average Bonchev–Trinajstić information content (AvgIpc) is 2.49. The van der Waals surface area contributed by atoms with E-state index in [2.05, 4.69) is 4.74 Å². The Hall–Kier alpha value is -3.43. The smallest absolute Gasteiger partial charge is 0.478 e. The molecular formula is C15H11F3N2O5. The van der Waals surface area contributed by atoms with E-state index in [1.54, 1.807) is 0 Å². The van der Waals surface area contributed by atoms with Gasteiger partial charge >= 0.3 is 18.3 Å². The number of anilines is 2. The Labute approximate surface area is 138 Å². The molecule has 132 valence electrons. The van der Waals surface area contributed by atoms with Crippen molar-refractivity contribution in [2.75, 3.05) is 11.5 Å². The van der Waals surface area contributed by atoms with Crippen LogP contribution >= 0.6 is 0 Å². The van der Waals surface area contributed by atoms with Gasteiger partial charge in [-0.05, 0) is 36.4 Å². The number of carboxylic acid groups (broad SMARTS) is 1. The quantitative estimate of drug-likeness (QED) is 0.437. The van der Waals surface area contributed by atoms with Crippen molar-refractivity contribution in [3.63, 3.8) is 0 Å². The van der Waals surface area contributed by atoms with Gasteiger partial charge in [-0.1, -0.05) is 0 Å². The zero-order valence-corrected chi connectivity index (χ0v) is 12.3. The van der Waals surface area contributed by atoms with E-state index in [-0.39, 0.29) is 28.3 Å². The van der Waals surface area contributed by atoms with Crippen molar-refractivity contribution >= 4 is 23.3 Å². The van der Waals surface area contributed by atoms with Gasteiger partial charge in [-0.2, -0.15) is 0 Å². The molecule has 0 atom stereocenters. The Morgan fingerprint density at radius 3 is 1.92 bits per heavy atom. The van der Waals surface area contributed by atoms with Gasteiger partial charge in [-0.25, -0.2) is 9.59 Å². The van der Waals surface area contributed by atoms with Crippen molar-refractivity contribution in [1.82, 2.24) is 0 Å². The van der Waals surface area contributed by atoms with Gasteiger partial charge in [0.25, 0.3) is 0 Å². The Morgan fingerprint density at radius 1 is 0.960 bits per heavy atom. The first-order valence-corrected chi connectivity index (χ1v) is 6.57. The molecule has 0 unspecified atom stereocenters. The molecule has 0 fully saturated rings. The van der Waals surface area contributed by atoms with Crippen LogP contribution in [0, 0.1) is 0 Å². The summed E-state index contributed by atoms with van der Waals surface area (Å²) in [5, 5.41) is 8.88. The standard InChI is InChI=1S/C15H11F3N2O5/c16-15(17,18)25-9-3-1-7(2-4-9)14(23)24-12-10(19)5-8(13(21)22)6-11(12)20/h1-6H,19-20H2,(H,21,22). The van der Waals surface area contributed by atoms with Gasteiger partial charge in [0.15, 0.2) is 5.75 Å². The molecule has 0 bridgehead atoms. The second kappa shape index (κ2) is 6.59. The maximum absolute atomic E-state index is 12.1. The topological polar surface area (TPSA) is 125 Å². The number of hydrogen-bond acceptors (Lipinski definition) is 6. The number of rotatable bonds is 4. The molecule has 0 heterocycles. The van der Waals surface area contributed by atoms with Crippen molar-refractivity contribution in [3.8, 4) is 11.5 Å². The first-order chi connectivity index (χ1) is 11.6. The monoisotopic (exact) mass is 356 g/mol. The van der Waals surface area contributed by atoms with Crippen LogP contribution in [0.3, 0.4) is 0 Å². The summed E-state index contributed by atoms with van der Waals surface area (Å²) in [6.07, 6.45) is -4.85. The maximum atomic E-state index is 12.1. The Kier molecular flexibility index (Phi) is 4.72. The summed E-state index contributed by atoms with van der Waals surface area (Å²) in [4.78, 5) is 22.9. The third-order valence-electron chi connectivity index (χ3n) is 2.91. The number of aromatic carboxylic acids is 1. The highest BCUT2D eigenvalue weighted by Crippen LogP contribution is 2.31. The van der Waals surface area contributed by atoms with Gasteiger partial charge in [-0.15, -0.1) is 13.2 Å². The summed E-state index contributed by atoms with van der Waals surface area (Å²) in [6.45, 7) is 0. The number of hydrogen-bond donors (Lipinski definition) is 3. The molecule has 0 aliphatic carbocycles. The minimum Gasteiger partial charge on any atom is -0.478 e. The molecule has 0 aromatic heterocycles. The lowest BCUT2D eigenvalue weighted by Crippen LogP contribution is -2.17. The molecule has 0 radical (unpaired) electrons. The number of carbonyl (C=O) groups excluding carboxylic acids is 1. The lowest BCUT2D eigenvalue weighted by molar-refractivity contribution is -0.274. The van der Waals surface area contributed by atoms with Crippen LogP contribution in [0.5, 0.6) is 11.5 Å². The van der Waals surface area contributed by atoms with Crippen molar-refractivity contribution < 1.29 is 37.3 Å². The summed E-state index contributed by atoms with van der Waals surface area (Å²) in [7, 11) is 0. The van der Waals surface area contributed by atoms with E-state index in [0.29, 0.717) is 0 Å². The Bertz CT molecular complexity index is 796. The predicted molar refractivity (Wildman–Crippen MR) is 80.3 cm³/mol. The van der Waals surface area contributed by atoms with Crippen LogP contribution in [0.1, 0.15) is 20.7 Å². The number of halogens is 3. The average molecular weight is 356 g/mol. The first-order valence-electron chi connectivity index (χ1n) is 6.57. The number of alkyl halides is 3. The first kappa shape index (κ1) is 17.9. The molecule has 2 rings (SSSR count). The summed E-state index contributed by atoms with van der Waals surface area (Å²) in [5.41, 5.74) is 10.6. The van der Waals surface area contributed by atoms with Gasteiger partial charge in [-0.3, -0.25) is 0 Å². The fraction of sp³-hybridized carbons (Fsp3) is 0.0667. The molecule has 0 aliphatic heterocycles. The van der Waals surface area contributed by atoms with Gasteiger partial charge in [0, 0.05) is 0 Å². The molecule has 2 aromatic rings. The van der Waals surface area contributed by atoms with Gasteiger partial charge in [0.1, 0.15) is 5.75 Å². The Morgan fingerprint density at radius 2 is 1.48 bits per heavy atom. The highest BCUT2D eigenvalue weighted by molar-refractivity contribution is 5.95. The lowest BCUT2D eigenvalue weighted by atomic mass is 10.1. The van der Waals surface area contributed by atoms with Gasteiger partial charge < -0.3 is 26.0 Å². The van der Waals surface area contributed by atoms with Crippen LogP contribution in [0.2, 0.25) is 0 Å². The van der Waals surface area contributed by atoms with E-state index < -0.39 is 24.1 Å². The van der Waals surface area contributed by atoms with Crippen LogP contribution in [0.15, 0.2) is 36.4 Å². The minimum atomic E-state index is -4.85. The van der Waals surface area contributed by atoms with Crippen LogP contribution < -0.4 is 20.9 Å². The number of nitrogens with two attached hydrogens (primary N) is 2. The molecule has 0 aliphatic rings. The van der Waals surface area contributed by atoms with E-state index in [1.165, 1.54) is 0 Å². The van der Waals surface area contributed by atoms with Crippen molar-refractivity contribution in [2.45, 2.75) is 6.36 Å². The summed E-state index contributed by atoms with van der Waals surface area (Å²) in [5.74, 6) is -2.96. The largest absolute Gasteiger partial charge is 0.573 e. The Balaban J connectivity index is 2.19. The zero-order chi connectivity index (χ0) is 18.8. The number of carboxylic acids is 1. The molecule has 0 saturated heterocycles. The zero-order valence-electron chi connectivity index (χ0n) is 12.3. The summed E-state index contributed by atoms with van der Waals surface area (Å²) < 4.78 is 44.9. The van der Waals surface area contributed by atoms with Crippen molar-refractivity contribution in [1.29, 1.82) is 0 Å². The maximum Gasteiger partial charge on any atom is 0.573 e. The molecule has 5 N–H and O–H groups in total. The minimum absolute atomic E-state index is 0.0874. The molecule has 0 spiro atoms. The second-order valence-electron chi connectivity index (χ2n) is 4.75. The molecular weight excluding hydrogens is 345 g/mol. The van der Waals surface area contributed by atoms with Crippen molar-refractivity contribution in [2.24, 2.45) is 0 Å². The lowest BCUT2D eigenvalue weighted by Gasteiger charge is -2.12. The fourth-order valence-corrected chi connectivity index (χ4v) is 1.86. The van der Waals surface area contributed by atoms with E-state index >= 15 is 0 Å². The number of benzene rings is 2. The van der Waals surface area contributed by atoms with E-state index in [4.69, 9.17) is 21.3 Å². The molecule has 25 heavy (non-hydrogen) atoms. The number of nitrogen functional groups attached to an aromatic ring is 2. The van der Waals surface area contributed by atoms with Crippen LogP contribution in [0.25, 0.3) is 0 Å². The van der Waals surface area contributed by atoms with Crippen LogP contribution in [0.4, 0.5) is 24.5 Å². The van der Waals surface area contributed by atoms with Crippen LogP contribution in [-0.4, -0.2) is 23.4 Å². The number of esters is 1. The number of carbonyl (C=O) groups is 2. The summed E-state index contributed by atoms with van der Waals surface area (Å²) >= 11 is 0. The fourth-order valence-electron chi connectivity index (χ4n) is 1.86. The molecule has 7 nitrogen and oxygen atoms in total. The van der Waals surface area contributed by atoms with E-state index in [9.17, 15) is 22.8 Å². The predicted octanol–water partition coefficient (Wildman–Crippen LogP) is 2.67. The normalized spacial score (nSPS) is 11.0. The molecule has 0 saturated carbocycles. The second-order valence-corrected chi connectivity index (χ2v) is 4.75. The van der Waals surface area contributed by atoms with E-state index in [1.807, 2.05) is 0 Å². The third kappa shape index (κ3) is 4.53. The van der Waals surface area contributed by atoms with Gasteiger partial charge in [0.05, 0.1) is 22.5 Å². The molecule has 2 aromatic carbocycles. The summed E-state index contributed by atoms with van der Waals surface area (Å²) in [6, 6.07) is 6.10. The molecule has 10 heteroatoms. The molecule has 0 amide bonds. The highest BCUT2D eigenvalue weighted by Gasteiger charge is 2.31. The number of ether oxygens (including phenoxy) is 2. The van der Waals surface area contributed by atoms with Gasteiger partial charge in [0.2, 0.25) is 0 Å².